The molecule has 2 heterocycles. The Morgan fingerprint density at radius 3 is 3.06 bits per heavy atom. The number of methoxy groups -OCH3 is 1. The van der Waals surface area contributed by atoms with E-state index in [4.69, 9.17) is 15.2 Å². The molecule has 1 unspecified atom stereocenters. The molecule has 0 spiro atoms. The van der Waals surface area contributed by atoms with Crippen molar-refractivity contribution < 1.29 is 14.3 Å². The van der Waals surface area contributed by atoms with Gasteiger partial charge in [0.1, 0.15) is 11.6 Å². The molecule has 1 aliphatic heterocycles. The van der Waals surface area contributed by atoms with Crippen LogP contribution in [-0.4, -0.2) is 48.8 Å². The molecule has 7 heteroatoms. The molecule has 7 nitrogen and oxygen atoms in total. The summed E-state index contributed by atoms with van der Waals surface area (Å²) in [6.07, 6.45) is 3.00. The van der Waals surface area contributed by atoms with Crippen LogP contribution in [0.1, 0.15) is 0 Å². The Morgan fingerprint density at radius 1 is 1.59 bits per heavy atom. The molecule has 1 aromatic rings. The fourth-order valence-corrected chi connectivity index (χ4v) is 1.69. The standard InChI is InChI=1S/C10H14N4O3/c1-16-10(15)7-6-17-3-2-14(7)9-5-12-8(11)4-13-9/h4-5,7H,2-3,6H2,1H3,(H2,11,12). The van der Waals surface area contributed by atoms with Gasteiger partial charge in [0.2, 0.25) is 0 Å². The van der Waals surface area contributed by atoms with Crippen molar-refractivity contribution in [2.45, 2.75) is 6.04 Å². The van der Waals surface area contributed by atoms with Crippen molar-refractivity contribution >= 4 is 17.6 Å². The molecule has 1 atom stereocenters. The van der Waals surface area contributed by atoms with Crippen LogP contribution in [0.2, 0.25) is 0 Å². The fourth-order valence-electron chi connectivity index (χ4n) is 1.69. The number of hydrogen-bond donors (Lipinski definition) is 1. The monoisotopic (exact) mass is 238 g/mol. The Hall–Kier alpha value is -1.89. The van der Waals surface area contributed by atoms with Gasteiger partial charge in [0.05, 0.1) is 32.7 Å². The molecular formula is C10H14N4O3. The molecule has 0 saturated carbocycles. The second kappa shape index (κ2) is 4.96. The largest absolute Gasteiger partial charge is 0.467 e. The first-order valence-corrected chi connectivity index (χ1v) is 5.22. The molecule has 0 radical (unpaired) electrons. The lowest BCUT2D eigenvalue weighted by atomic mass is 10.2. The Kier molecular flexibility index (Phi) is 3.38. The van der Waals surface area contributed by atoms with E-state index in [0.717, 1.165) is 0 Å². The molecule has 0 amide bonds. The Bertz CT molecular complexity index is 395. The molecule has 1 saturated heterocycles. The minimum Gasteiger partial charge on any atom is -0.467 e. The maximum Gasteiger partial charge on any atom is 0.330 e. The maximum absolute atomic E-state index is 11.6. The molecule has 2 rings (SSSR count). The van der Waals surface area contributed by atoms with E-state index in [2.05, 4.69) is 9.97 Å². The molecule has 0 aliphatic carbocycles. The van der Waals surface area contributed by atoms with Crippen LogP contribution >= 0.6 is 0 Å². The van der Waals surface area contributed by atoms with E-state index in [-0.39, 0.29) is 5.97 Å². The minimum atomic E-state index is -0.480. The average Bonchev–Trinajstić information content (AvgIpc) is 2.39. The number of hydrogen-bond acceptors (Lipinski definition) is 7. The van der Waals surface area contributed by atoms with E-state index in [1.54, 1.807) is 0 Å². The molecule has 1 aromatic heterocycles. The van der Waals surface area contributed by atoms with Gasteiger partial charge in [-0.05, 0) is 0 Å². The third-order valence-corrected chi connectivity index (χ3v) is 2.55. The van der Waals surface area contributed by atoms with Gasteiger partial charge in [0.25, 0.3) is 0 Å². The highest BCUT2D eigenvalue weighted by Crippen LogP contribution is 2.17. The molecule has 2 N–H and O–H groups in total. The summed E-state index contributed by atoms with van der Waals surface area (Å²) in [6, 6.07) is -0.480. The topological polar surface area (TPSA) is 90.6 Å². The van der Waals surface area contributed by atoms with Gasteiger partial charge in [0, 0.05) is 6.54 Å². The van der Waals surface area contributed by atoms with Crippen molar-refractivity contribution in [1.29, 1.82) is 0 Å². The van der Waals surface area contributed by atoms with Crippen LogP contribution in [-0.2, 0) is 14.3 Å². The third-order valence-electron chi connectivity index (χ3n) is 2.55. The zero-order valence-corrected chi connectivity index (χ0v) is 9.50. The lowest BCUT2D eigenvalue weighted by Crippen LogP contribution is -2.51. The number of aromatic nitrogens is 2. The van der Waals surface area contributed by atoms with Gasteiger partial charge >= 0.3 is 5.97 Å². The van der Waals surface area contributed by atoms with Crippen LogP contribution in [0.5, 0.6) is 0 Å². The number of carbonyl (C=O) groups is 1. The second-order valence-corrected chi connectivity index (χ2v) is 3.61. The number of morpholine rings is 1. The average molecular weight is 238 g/mol. The van der Waals surface area contributed by atoms with Crippen molar-refractivity contribution in [3.8, 4) is 0 Å². The first-order valence-electron chi connectivity index (χ1n) is 5.22. The fraction of sp³-hybridized carbons (Fsp3) is 0.500. The van der Waals surface area contributed by atoms with Gasteiger partial charge in [-0.25, -0.2) is 14.8 Å². The highest BCUT2D eigenvalue weighted by Gasteiger charge is 2.31. The molecule has 0 aromatic carbocycles. The number of carbonyl (C=O) groups excluding carboxylic acids is 1. The predicted octanol–water partition coefficient (Wildman–Crippen LogP) is -0.563. The number of nitrogen functional groups attached to an aromatic ring is 1. The SMILES string of the molecule is COC(=O)C1COCCN1c1cnc(N)cn1. The quantitative estimate of drug-likeness (QED) is 0.690. The summed E-state index contributed by atoms with van der Waals surface area (Å²) in [7, 11) is 1.35. The van der Waals surface area contributed by atoms with Crippen LogP contribution in [0.25, 0.3) is 0 Å². The van der Waals surface area contributed by atoms with Crippen molar-refractivity contribution in [2.75, 3.05) is 37.5 Å². The number of rotatable bonds is 2. The van der Waals surface area contributed by atoms with Gasteiger partial charge in [-0.1, -0.05) is 0 Å². The van der Waals surface area contributed by atoms with E-state index in [1.807, 2.05) is 4.90 Å². The van der Waals surface area contributed by atoms with Crippen LogP contribution in [0.15, 0.2) is 12.4 Å². The number of nitrogens with zero attached hydrogens (tertiary/aromatic N) is 3. The minimum absolute atomic E-state index is 0.290. The highest BCUT2D eigenvalue weighted by atomic mass is 16.5. The van der Waals surface area contributed by atoms with E-state index in [0.29, 0.717) is 31.4 Å². The summed E-state index contributed by atoms with van der Waals surface area (Å²) in [5, 5.41) is 0. The summed E-state index contributed by atoms with van der Waals surface area (Å²) in [5.74, 6) is 0.595. The van der Waals surface area contributed by atoms with Crippen LogP contribution < -0.4 is 10.6 Å². The van der Waals surface area contributed by atoms with Crippen molar-refractivity contribution in [2.24, 2.45) is 0 Å². The third kappa shape index (κ3) is 2.44. The first-order chi connectivity index (χ1) is 8.22. The molecule has 1 aliphatic rings. The molecular weight excluding hydrogens is 224 g/mol. The summed E-state index contributed by atoms with van der Waals surface area (Å²) in [6.45, 7) is 1.40. The van der Waals surface area contributed by atoms with Gasteiger partial charge in [-0.3, -0.25) is 0 Å². The van der Waals surface area contributed by atoms with E-state index < -0.39 is 6.04 Å². The van der Waals surface area contributed by atoms with E-state index in [9.17, 15) is 4.79 Å². The van der Waals surface area contributed by atoms with Crippen LogP contribution in [0.4, 0.5) is 11.6 Å². The summed E-state index contributed by atoms with van der Waals surface area (Å²) in [4.78, 5) is 21.5. The van der Waals surface area contributed by atoms with Crippen molar-refractivity contribution in [3.05, 3.63) is 12.4 Å². The van der Waals surface area contributed by atoms with Crippen LogP contribution in [0.3, 0.4) is 0 Å². The lowest BCUT2D eigenvalue weighted by Gasteiger charge is -2.34. The Balaban J connectivity index is 2.21. The van der Waals surface area contributed by atoms with Crippen LogP contribution in [0, 0.1) is 0 Å². The highest BCUT2D eigenvalue weighted by molar-refractivity contribution is 5.80. The lowest BCUT2D eigenvalue weighted by molar-refractivity contribution is -0.144. The Morgan fingerprint density at radius 2 is 2.41 bits per heavy atom. The summed E-state index contributed by atoms with van der Waals surface area (Å²) < 4.78 is 10.00. The number of anilines is 2. The number of nitrogens with two attached hydrogens (primary N) is 1. The first kappa shape index (κ1) is 11.6. The van der Waals surface area contributed by atoms with Gasteiger partial charge in [-0.15, -0.1) is 0 Å². The number of esters is 1. The van der Waals surface area contributed by atoms with Gasteiger partial charge < -0.3 is 20.1 Å². The van der Waals surface area contributed by atoms with E-state index in [1.165, 1.54) is 19.5 Å². The zero-order chi connectivity index (χ0) is 12.3. The van der Waals surface area contributed by atoms with Gasteiger partial charge in [0.15, 0.2) is 6.04 Å². The molecule has 0 bridgehead atoms. The van der Waals surface area contributed by atoms with Crippen molar-refractivity contribution in [3.63, 3.8) is 0 Å². The van der Waals surface area contributed by atoms with Gasteiger partial charge in [-0.2, -0.15) is 0 Å². The second-order valence-electron chi connectivity index (χ2n) is 3.61. The predicted molar refractivity (Wildman–Crippen MR) is 60.4 cm³/mol. The Labute approximate surface area is 98.5 Å². The molecule has 92 valence electrons. The summed E-state index contributed by atoms with van der Waals surface area (Å²) >= 11 is 0. The molecule has 1 fully saturated rings. The smallest absolute Gasteiger partial charge is 0.330 e. The zero-order valence-electron chi connectivity index (χ0n) is 9.50. The normalized spacial score (nSPS) is 20.1. The molecule has 17 heavy (non-hydrogen) atoms. The van der Waals surface area contributed by atoms with E-state index >= 15 is 0 Å². The number of ether oxygens (including phenoxy) is 2. The maximum atomic E-state index is 11.6. The summed E-state index contributed by atoms with van der Waals surface area (Å²) in [5.41, 5.74) is 5.47. The van der Waals surface area contributed by atoms with Crippen molar-refractivity contribution in [1.82, 2.24) is 9.97 Å².